The van der Waals surface area contributed by atoms with Crippen LogP contribution in [0.15, 0.2) is 41.4 Å². The number of aryl methyl sites for hydroxylation is 1. The van der Waals surface area contributed by atoms with E-state index in [1.807, 2.05) is 31.2 Å². The molecule has 28 heavy (non-hydrogen) atoms. The molecule has 0 bridgehead atoms. The Hall–Kier alpha value is -2.94. The number of thioether (sulfide) groups is 1. The van der Waals surface area contributed by atoms with Gasteiger partial charge in [0.1, 0.15) is 0 Å². The summed E-state index contributed by atoms with van der Waals surface area (Å²) < 4.78 is 6.65. The summed E-state index contributed by atoms with van der Waals surface area (Å²) in [5.74, 6) is -0.821. The van der Waals surface area contributed by atoms with E-state index in [-0.39, 0.29) is 18.3 Å². The molecule has 2 aromatic heterocycles. The van der Waals surface area contributed by atoms with E-state index in [1.54, 1.807) is 28.9 Å². The average molecular weight is 397 g/mol. The summed E-state index contributed by atoms with van der Waals surface area (Å²) >= 11 is 1.75. The molecule has 8 nitrogen and oxygen atoms in total. The second kappa shape index (κ2) is 7.59. The summed E-state index contributed by atoms with van der Waals surface area (Å²) in [6.07, 6.45) is 2.45. The molecule has 0 radical (unpaired) electrons. The molecule has 1 aromatic carbocycles. The third kappa shape index (κ3) is 3.57. The smallest absolute Gasteiger partial charge is 0.378 e. The number of para-hydroxylation sites is 1. The van der Waals surface area contributed by atoms with Crippen LogP contribution in [0.25, 0.3) is 5.78 Å². The summed E-state index contributed by atoms with van der Waals surface area (Å²) in [7, 11) is 0. The van der Waals surface area contributed by atoms with Crippen molar-refractivity contribution in [1.82, 2.24) is 19.6 Å². The summed E-state index contributed by atoms with van der Waals surface area (Å²) in [4.78, 5) is 35.9. The second-order valence-corrected chi connectivity index (χ2v) is 8.02. The van der Waals surface area contributed by atoms with Crippen molar-refractivity contribution in [2.45, 2.75) is 30.4 Å². The molecule has 0 aliphatic carbocycles. The first-order valence-corrected chi connectivity index (χ1v) is 9.82. The van der Waals surface area contributed by atoms with Crippen LogP contribution in [0.3, 0.4) is 0 Å². The summed E-state index contributed by atoms with van der Waals surface area (Å²) in [6.45, 7) is 4.18. The Morgan fingerprint density at radius 3 is 2.93 bits per heavy atom. The molecule has 0 unspecified atom stereocenters. The Labute approximate surface area is 165 Å². The van der Waals surface area contributed by atoms with Gasteiger partial charge in [-0.15, -0.1) is 16.9 Å². The molecule has 1 aliphatic heterocycles. The number of carbonyl (C=O) groups is 2. The van der Waals surface area contributed by atoms with Crippen LogP contribution in [0.1, 0.15) is 29.7 Å². The van der Waals surface area contributed by atoms with E-state index in [1.165, 1.54) is 4.52 Å². The molecule has 9 heteroatoms. The third-order valence-corrected chi connectivity index (χ3v) is 5.72. The number of benzene rings is 1. The first-order valence-electron chi connectivity index (χ1n) is 8.94. The van der Waals surface area contributed by atoms with Crippen molar-refractivity contribution in [3.8, 4) is 0 Å². The maximum Gasteiger partial charge on any atom is 0.378 e. The topological polar surface area (TPSA) is 89.7 Å². The quantitative estimate of drug-likeness (QED) is 0.627. The van der Waals surface area contributed by atoms with E-state index in [0.717, 1.165) is 22.7 Å². The van der Waals surface area contributed by atoms with Crippen LogP contribution < -0.4 is 4.90 Å². The van der Waals surface area contributed by atoms with Gasteiger partial charge in [-0.05, 0) is 31.5 Å². The molecular formula is C19H19N5O3S. The van der Waals surface area contributed by atoms with Gasteiger partial charge in [0, 0.05) is 28.6 Å². The average Bonchev–Trinajstić information content (AvgIpc) is 3.05. The Kier molecular flexibility index (Phi) is 4.99. The highest BCUT2D eigenvalue weighted by Crippen LogP contribution is 2.37. The van der Waals surface area contributed by atoms with Crippen molar-refractivity contribution in [2.75, 3.05) is 18.1 Å². The SMILES string of the molecule is Cc1ccnc2nc(C(=O)OCC(=O)N3CC[C@@H](C)Sc4ccccc43)nn12. The van der Waals surface area contributed by atoms with Gasteiger partial charge in [-0.25, -0.2) is 14.3 Å². The molecule has 4 rings (SSSR count). The zero-order valence-electron chi connectivity index (χ0n) is 15.5. The fourth-order valence-corrected chi connectivity index (χ4v) is 4.12. The van der Waals surface area contributed by atoms with E-state index >= 15 is 0 Å². The minimum absolute atomic E-state index is 0.116. The molecule has 1 atom stereocenters. The molecule has 3 aromatic rings. The number of esters is 1. The predicted molar refractivity (Wildman–Crippen MR) is 105 cm³/mol. The van der Waals surface area contributed by atoms with E-state index in [9.17, 15) is 9.59 Å². The largest absolute Gasteiger partial charge is 0.450 e. The number of amides is 1. The molecule has 0 saturated carbocycles. The van der Waals surface area contributed by atoms with E-state index in [2.05, 4.69) is 22.0 Å². The summed E-state index contributed by atoms with van der Waals surface area (Å²) in [5, 5.41) is 4.51. The number of carbonyl (C=O) groups excluding carboxylic acids is 2. The van der Waals surface area contributed by atoms with Crippen LogP contribution in [0.4, 0.5) is 5.69 Å². The van der Waals surface area contributed by atoms with Crippen LogP contribution in [0.5, 0.6) is 0 Å². The molecular weight excluding hydrogens is 378 g/mol. The lowest BCUT2D eigenvalue weighted by Crippen LogP contribution is -2.35. The fraction of sp³-hybridized carbons (Fsp3) is 0.316. The lowest BCUT2D eigenvalue weighted by Gasteiger charge is -2.22. The van der Waals surface area contributed by atoms with Crippen molar-refractivity contribution in [1.29, 1.82) is 0 Å². The number of fused-ring (bicyclic) bond motifs is 2. The molecule has 0 N–H and O–H groups in total. The molecule has 0 saturated heterocycles. The van der Waals surface area contributed by atoms with Gasteiger partial charge >= 0.3 is 5.97 Å². The van der Waals surface area contributed by atoms with Gasteiger partial charge in [-0.2, -0.15) is 4.98 Å². The van der Waals surface area contributed by atoms with Crippen molar-refractivity contribution in [3.05, 3.63) is 48.0 Å². The molecule has 3 heterocycles. The lowest BCUT2D eigenvalue weighted by atomic mass is 10.2. The molecule has 1 aliphatic rings. The van der Waals surface area contributed by atoms with Crippen molar-refractivity contribution in [2.24, 2.45) is 0 Å². The van der Waals surface area contributed by atoms with E-state index in [4.69, 9.17) is 4.74 Å². The Bertz CT molecular complexity index is 1050. The maximum atomic E-state index is 12.8. The number of nitrogens with zero attached hydrogens (tertiary/aromatic N) is 5. The van der Waals surface area contributed by atoms with Gasteiger partial charge in [0.25, 0.3) is 17.5 Å². The monoisotopic (exact) mass is 397 g/mol. The van der Waals surface area contributed by atoms with Crippen LogP contribution >= 0.6 is 11.8 Å². The van der Waals surface area contributed by atoms with Crippen LogP contribution in [-0.4, -0.2) is 49.9 Å². The van der Waals surface area contributed by atoms with Gasteiger partial charge in [0.05, 0.1) is 5.69 Å². The Morgan fingerprint density at radius 2 is 2.11 bits per heavy atom. The van der Waals surface area contributed by atoms with Crippen molar-refractivity contribution >= 4 is 35.1 Å². The number of ether oxygens (including phenoxy) is 1. The van der Waals surface area contributed by atoms with Crippen LogP contribution in [0.2, 0.25) is 0 Å². The first kappa shape index (κ1) is 18.4. The van der Waals surface area contributed by atoms with E-state index in [0.29, 0.717) is 17.6 Å². The van der Waals surface area contributed by atoms with Gasteiger partial charge in [0.15, 0.2) is 6.61 Å². The van der Waals surface area contributed by atoms with Crippen LogP contribution in [-0.2, 0) is 9.53 Å². The minimum Gasteiger partial charge on any atom is -0.450 e. The minimum atomic E-state index is -0.746. The van der Waals surface area contributed by atoms with Gasteiger partial charge in [-0.1, -0.05) is 19.1 Å². The Balaban J connectivity index is 1.48. The third-order valence-electron chi connectivity index (χ3n) is 4.48. The highest BCUT2D eigenvalue weighted by atomic mass is 32.2. The summed E-state index contributed by atoms with van der Waals surface area (Å²) in [6, 6.07) is 9.54. The van der Waals surface area contributed by atoms with Crippen molar-refractivity contribution < 1.29 is 14.3 Å². The standard InChI is InChI=1S/C19H19N5O3S/c1-12-7-9-20-19-21-17(22-24(12)19)18(26)27-11-16(25)23-10-8-13(2)28-15-6-4-3-5-14(15)23/h3-7,9,13H,8,10-11H2,1-2H3/t13-/m1/s1. The molecule has 144 valence electrons. The number of aromatic nitrogens is 4. The van der Waals surface area contributed by atoms with Crippen LogP contribution in [0, 0.1) is 6.92 Å². The number of rotatable bonds is 3. The number of hydrogen-bond acceptors (Lipinski definition) is 7. The summed E-state index contributed by atoms with van der Waals surface area (Å²) in [5.41, 5.74) is 1.64. The maximum absolute atomic E-state index is 12.8. The Morgan fingerprint density at radius 1 is 1.29 bits per heavy atom. The van der Waals surface area contributed by atoms with Gasteiger partial charge < -0.3 is 9.64 Å². The second-order valence-electron chi connectivity index (χ2n) is 6.54. The lowest BCUT2D eigenvalue weighted by molar-refractivity contribution is -0.121. The first-order chi connectivity index (χ1) is 13.5. The highest BCUT2D eigenvalue weighted by molar-refractivity contribution is 8.00. The van der Waals surface area contributed by atoms with Gasteiger partial charge in [-0.3, -0.25) is 4.79 Å². The highest BCUT2D eigenvalue weighted by Gasteiger charge is 2.25. The van der Waals surface area contributed by atoms with Crippen molar-refractivity contribution in [3.63, 3.8) is 0 Å². The molecule has 0 spiro atoms. The predicted octanol–water partition coefficient (Wildman–Crippen LogP) is 2.51. The number of anilines is 1. The zero-order valence-corrected chi connectivity index (χ0v) is 16.3. The molecule has 1 amide bonds. The van der Waals surface area contributed by atoms with E-state index < -0.39 is 5.97 Å². The molecule has 0 fully saturated rings. The zero-order chi connectivity index (χ0) is 19.7. The fourth-order valence-electron chi connectivity index (χ4n) is 3.01. The number of hydrogen-bond donors (Lipinski definition) is 0. The van der Waals surface area contributed by atoms with Gasteiger partial charge in [0.2, 0.25) is 0 Å². The normalized spacial score (nSPS) is 16.5.